The van der Waals surface area contributed by atoms with Gasteiger partial charge in [0.15, 0.2) is 0 Å². The van der Waals surface area contributed by atoms with Crippen molar-refractivity contribution >= 4 is 23.2 Å². The molecule has 1 unspecified atom stereocenters. The zero-order valence-corrected chi connectivity index (χ0v) is 17.6. The van der Waals surface area contributed by atoms with Crippen molar-refractivity contribution in [3.63, 3.8) is 0 Å². The summed E-state index contributed by atoms with van der Waals surface area (Å²) in [6, 6.07) is 7.51. The number of alkyl halides is 2. The highest BCUT2D eigenvalue weighted by Crippen LogP contribution is 2.41. The molecule has 1 aromatic carbocycles. The minimum atomic E-state index is -2.64. The molecule has 0 radical (unpaired) electrons. The molecule has 1 aliphatic heterocycles. The summed E-state index contributed by atoms with van der Waals surface area (Å²) < 4.78 is 54.4. The summed E-state index contributed by atoms with van der Waals surface area (Å²) in [7, 11) is 0. The molecule has 3 aromatic rings. The van der Waals surface area contributed by atoms with Crippen LogP contribution in [-0.4, -0.2) is 28.3 Å². The number of aryl methyl sites for hydroxylation is 1. The molecule has 1 atom stereocenters. The molecule has 2 aromatic heterocycles. The van der Waals surface area contributed by atoms with Crippen LogP contribution in [0.2, 0.25) is 0 Å². The second-order valence-corrected chi connectivity index (χ2v) is 7.65. The molecule has 0 aliphatic carbocycles. The number of halogens is 4. The summed E-state index contributed by atoms with van der Waals surface area (Å²) in [5, 5.41) is 2.54. The fourth-order valence-corrected chi connectivity index (χ4v) is 3.76. The van der Waals surface area contributed by atoms with E-state index in [0.717, 1.165) is 17.2 Å². The van der Waals surface area contributed by atoms with E-state index in [1.165, 1.54) is 44.2 Å². The first-order valence-corrected chi connectivity index (χ1v) is 9.98. The van der Waals surface area contributed by atoms with Crippen LogP contribution in [0.3, 0.4) is 0 Å². The van der Waals surface area contributed by atoms with Gasteiger partial charge in [-0.25, -0.2) is 18.2 Å². The Balaban J connectivity index is 1.72. The number of hydrogen-bond donors (Lipinski definition) is 1. The van der Waals surface area contributed by atoms with E-state index >= 15 is 0 Å². The van der Waals surface area contributed by atoms with Crippen LogP contribution in [0.15, 0.2) is 42.6 Å². The number of nitrogens with zero attached hydrogens (tertiary/aromatic N) is 3. The van der Waals surface area contributed by atoms with Crippen molar-refractivity contribution in [1.29, 1.82) is 0 Å². The number of fused-ring (bicyclic) bond motifs is 3. The summed E-state index contributed by atoms with van der Waals surface area (Å²) >= 11 is 0. The molecule has 0 fully saturated rings. The largest absolute Gasteiger partial charge is 0.325 e. The van der Waals surface area contributed by atoms with Crippen molar-refractivity contribution in [2.45, 2.75) is 26.2 Å². The van der Waals surface area contributed by atoms with Crippen LogP contribution in [0.5, 0.6) is 0 Å². The minimum absolute atomic E-state index is 0.0613. The standard InChI is InChI=1S/C23H18F4N4O2/c1-11-7-17-19(22(27)29-11)16-8-14(24)9-28-20(16)12(2)23(33)31(17)10-18(32)30-15-5-3-13(4-6-15)21(25)26/h3-9,12,21H,10H2,1-2H3,(H,30,32). The second kappa shape index (κ2) is 8.61. The molecule has 0 spiro atoms. The summed E-state index contributed by atoms with van der Waals surface area (Å²) in [4.78, 5) is 34.9. The lowest BCUT2D eigenvalue weighted by Gasteiger charge is -2.24. The van der Waals surface area contributed by atoms with Crippen molar-refractivity contribution in [3.8, 4) is 11.1 Å². The third-order valence-electron chi connectivity index (χ3n) is 5.32. The van der Waals surface area contributed by atoms with Crippen LogP contribution in [0.25, 0.3) is 11.1 Å². The molecule has 0 saturated carbocycles. The maximum atomic E-state index is 15.0. The summed E-state index contributed by atoms with van der Waals surface area (Å²) in [6.07, 6.45) is -1.71. The Morgan fingerprint density at radius 1 is 1.18 bits per heavy atom. The van der Waals surface area contributed by atoms with Gasteiger partial charge in [-0.3, -0.25) is 14.6 Å². The molecular formula is C23H18F4N4O2. The van der Waals surface area contributed by atoms with Crippen LogP contribution in [0.1, 0.15) is 36.2 Å². The average Bonchev–Trinajstić information content (AvgIpc) is 2.83. The normalized spacial score (nSPS) is 15.2. The zero-order chi connectivity index (χ0) is 23.9. The number of rotatable bonds is 4. The number of benzene rings is 1. The first kappa shape index (κ1) is 22.4. The number of amides is 2. The van der Waals surface area contributed by atoms with E-state index in [1.54, 1.807) is 0 Å². The smallest absolute Gasteiger partial charge is 0.263 e. The molecule has 0 bridgehead atoms. The molecule has 2 amide bonds. The Bertz CT molecular complexity index is 1250. The van der Waals surface area contributed by atoms with E-state index in [9.17, 15) is 27.2 Å². The van der Waals surface area contributed by atoms with E-state index in [1.807, 2.05) is 0 Å². The summed E-state index contributed by atoms with van der Waals surface area (Å²) in [5.41, 5.74) is 0.491. The third kappa shape index (κ3) is 4.28. The number of pyridine rings is 2. The van der Waals surface area contributed by atoms with E-state index in [0.29, 0.717) is 0 Å². The van der Waals surface area contributed by atoms with Gasteiger partial charge in [-0.2, -0.15) is 4.39 Å². The number of hydrogen-bond acceptors (Lipinski definition) is 4. The van der Waals surface area contributed by atoms with E-state index in [4.69, 9.17) is 0 Å². The Morgan fingerprint density at radius 3 is 2.55 bits per heavy atom. The molecular weight excluding hydrogens is 440 g/mol. The van der Waals surface area contributed by atoms with E-state index in [2.05, 4.69) is 15.3 Å². The van der Waals surface area contributed by atoms with Gasteiger partial charge in [-0.05, 0) is 38.1 Å². The van der Waals surface area contributed by atoms with Gasteiger partial charge in [0.1, 0.15) is 12.4 Å². The Kier molecular flexibility index (Phi) is 5.84. The number of aromatic nitrogens is 2. The Hall–Kier alpha value is -3.82. The maximum absolute atomic E-state index is 15.0. The maximum Gasteiger partial charge on any atom is 0.263 e. The molecule has 6 nitrogen and oxygen atoms in total. The van der Waals surface area contributed by atoms with Gasteiger partial charge < -0.3 is 10.2 Å². The van der Waals surface area contributed by atoms with Crippen molar-refractivity contribution in [2.75, 3.05) is 16.8 Å². The molecule has 33 heavy (non-hydrogen) atoms. The highest BCUT2D eigenvalue weighted by Gasteiger charge is 2.36. The highest BCUT2D eigenvalue weighted by atomic mass is 19.3. The van der Waals surface area contributed by atoms with Crippen LogP contribution < -0.4 is 10.2 Å². The van der Waals surface area contributed by atoms with Crippen molar-refractivity contribution in [1.82, 2.24) is 9.97 Å². The molecule has 3 heterocycles. The van der Waals surface area contributed by atoms with Gasteiger partial charge in [0.25, 0.3) is 6.43 Å². The SMILES string of the molecule is Cc1cc2c(c(F)n1)-c1cc(F)cnc1C(C)C(=O)N2CC(=O)Nc1ccc(C(F)F)cc1. The highest BCUT2D eigenvalue weighted by molar-refractivity contribution is 6.09. The van der Waals surface area contributed by atoms with Crippen LogP contribution in [0.4, 0.5) is 28.9 Å². The molecule has 10 heteroatoms. The summed E-state index contributed by atoms with van der Waals surface area (Å²) in [6.45, 7) is 2.56. The van der Waals surface area contributed by atoms with Gasteiger partial charge >= 0.3 is 0 Å². The van der Waals surface area contributed by atoms with Crippen LogP contribution in [0, 0.1) is 18.7 Å². The fraction of sp³-hybridized carbons (Fsp3) is 0.217. The van der Waals surface area contributed by atoms with Gasteiger partial charge in [-0.1, -0.05) is 12.1 Å². The Morgan fingerprint density at radius 2 is 1.88 bits per heavy atom. The first-order chi connectivity index (χ1) is 15.7. The number of carbonyl (C=O) groups is 2. The van der Waals surface area contributed by atoms with Crippen molar-refractivity contribution < 1.29 is 27.2 Å². The lowest BCUT2D eigenvalue weighted by molar-refractivity contribution is -0.122. The minimum Gasteiger partial charge on any atom is -0.325 e. The molecule has 1 aliphatic rings. The molecule has 170 valence electrons. The lowest BCUT2D eigenvalue weighted by Crippen LogP contribution is -2.40. The van der Waals surface area contributed by atoms with E-state index in [-0.39, 0.29) is 39.5 Å². The predicted octanol–water partition coefficient (Wildman–Crippen LogP) is 4.76. The number of anilines is 2. The van der Waals surface area contributed by atoms with Gasteiger partial charge in [0, 0.05) is 22.5 Å². The Labute approximate surface area is 186 Å². The second-order valence-electron chi connectivity index (χ2n) is 7.65. The monoisotopic (exact) mass is 458 g/mol. The van der Waals surface area contributed by atoms with Crippen molar-refractivity contribution in [3.05, 3.63) is 71.3 Å². The number of carbonyl (C=O) groups excluding carboxylic acids is 2. The zero-order valence-electron chi connectivity index (χ0n) is 17.6. The topological polar surface area (TPSA) is 75.2 Å². The molecule has 4 rings (SSSR count). The van der Waals surface area contributed by atoms with Crippen LogP contribution >= 0.6 is 0 Å². The van der Waals surface area contributed by atoms with Crippen molar-refractivity contribution in [2.24, 2.45) is 0 Å². The summed E-state index contributed by atoms with van der Waals surface area (Å²) in [5.74, 6) is -3.70. The van der Waals surface area contributed by atoms with Gasteiger partial charge in [0.05, 0.1) is 29.1 Å². The van der Waals surface area contributed by atoms with Gasteiger partial charge in [0.2, 0.25) is 17.8 Å². The number of nitrogens with one attached hydrogen (secondary N) is 1. The predicted molar refractivity (Wildman–Crippen MR) is 113 cm³/mol. The van der Waals surface area contributed by atoms with E-state index < -0.39 is 42.5 Å². The first-order valence-electron chi connectivity index (χ1n) is 9.98. The van der Waals surface area contributed by atoms with Crippen LogP contribution in [-0.2, 0) is 9.59 Å². The third-order valence-corrected chi connectivity index (χ3v) is 5.32. The van der Waals surface area contributed by atoms with Gasteiger partial charge in [-0.15, -0.1) is 0 Å². The lowest BCUT2D eigenvalue weighted by atomic mass is 9.98. The molecule has 0 saturated heterocycles. The quantitative estimate of drug-likeness (QED) is 0.452. The molecule has 1 N–H and O–H groups in total. The average molecular weight is 458 g/mol. The fourth-order valence-electron chi connectivity index (χ4n) is 3.76.